The maximum Gasteiger partial charge on any atom is 0.124 e. The second-order valence-corrected chi connectivity index (χ2v) is 7.85. The molecule has 29 heavy (non-hydrogen) atoms. The molecule has 4 aromatic rings. The first-order valence-electron chi connectivity index (χ1n) is 9.58. The minimum absolute atomic E-state index is 0.338. The Labute approximate surface area is 175 Å². The van der Waals surface area contributed by atoms with Gasteiger partial charge in [0.15, 0.2) is 0 Å². The van der Waals surface area contributed by atoms with E-state index >= 15 is 0 Å². The Balaban J connectivity index is 1.86. The van der Waals surface area contributed by atoms with Crippen molar-refractivity contribution in [3.05, 3.63) is 99.8 Å². The van der Waals surface area contributed by atoms with Crippen molar-refractivity contribution in [1.82, 2.24) is 9.78 Å². The van der Waals surface area contributed by atoms with Crippen LogP contribution < -0.4 is 0 Å². The van der Waals surface area contributed by atoms with E-state index in [0.717, 1.165) is 33.6 Å². The highest BCUT2D eigenvalue weighted by Crippen LogP contribution is 2.33. The molecular formula is C25H22ClFN2. The van der Waals surface area contributed by atoms with Crippen molar-refractivity contribution in [2.45, 2.75) is 27.3 Å². The van der Waals surface area contributed by atoms with E-state index in [1.807, 2.05) is 4.68 Å². The van der Waals surface area contributed by atoms with E-state index in [1.54, 1.807) is 6.07 Å². The molecule has 1 heterocycles. The van der Waals surface area contributed by atoms with Crippen LogP contribution in [-0.2, 0) is 6.54 Å². The lowest BCUT2D eigenvalue weighted by Gasteiger charge is -2.10. The van der Waals surface area contributed by atoms with Gasteiger partial charge in [0.2, 0.25) is 0 Å². The topological polar surface area (TPSA) is 17.8 Å². The van der Waals surface area contributed by atoms with E-state index in [-0.39, 0.29) is 5.82 Å². The van der Waals surface area contributed by atoms with E-state index < -0.39 is 0 Å². The van der Waals surface area contributed by atoms with Crippen molar-refractivity contribution in [3.63, 3.8) is 0 Å². The molecule has 0 atom stereocenters. The lowest BCUT2D eigenvalue weighted by molar-refractivity contribution is 0.625. The Kier molecular flexibility index (Phi) is 5.25. The number of halogens is 2. The van der Waals surface area contributed by atoms with Gasteiger partial charge in [0.1, 0.15) is 5.82 Å². The molecule has 146 valence electrons. The highest BCUT2D eigenvalue weighted by Gasteiger charge is 2.18. The summed E-state index contributed by atoms with van der Waals surface area (Å²) in [5.41, 5.74) is 8.51. The summed E-state index contributed by atoms with van der Waals surface area (Å²) < 4.78 is 15.5. The predicted octanol–water partition coefficient (Wildman–Crippen LogP) is 6.98. The van der Waals surface area contributed by atoms with Crippen molar-refractivity contribution in [3.8, 4) is 22.5 Å². The molecule has 0 aliphatic rings. The quantitative estimate of drug-likeness (QED) is 0.358. The third kappa shape index (κ3) is 3.96. The SMILES string of the molecule is Cc1ccc(-c2nn(Cc3ccc(F)cc3Cl)c(-c3ccc(C)cc3)c2C)cc1. The molecule has 0 fully saturated rings. The lowest BCUT2D eigenvalue weighted by Crippen LogP contribution is -2.05. The van der Waals surface area contributed by atoms with Gasteiger partial charge in [-0.05, 0) is 38.5 Å². The average Bonchev–Trinajstić information content (AvgIpc) is 3.01. The zero-order valence-corrected chi connectivity index (χ0v) is 17.5. The van der Waals surface area contributed by atoms with Gasteiger partial charge in [-0.25, -0.2) is 4.39 Å². The van der Waals surface area contributed by atoms with Crippen LogP contribution in [0.15, 0.2) is 66.7 Å². The van der Waals surface area contributed by atoms with Crippen LogP contribution in [0.4, 0.5) is 4.39 Å². The fraction of sp³-hybridized carbons (Fsp3) is 0.160. The van der Waals surface area contributed by atoms with Crippen LogP contribution >= 0.6 is 11.6 Å². The Morgan fingerprint density at radius 1 is 0.828 bits per heavy atom. The van der Waals surface area contributed by atoms with Crippen molar-refractivity contribution >= 4 is 11.6 Å². The molecule has 0 amide bonds. The summed E-state index contributed by atoms with van der Waals surface area (Å²) in [7, 11) is 0. The smallest absolute Gasteiger partial charge is 0.124 e. The first-order valence-corrected chi connectivity index (χ1v) is 9.95. The number of hydrogen-bond donors (Lipinski definition) is 0. The molecule has 1 aromatic heterocycles. The first kappa shape index (κ1) is 19.4. The maximum atomic E-state index is 13.5. The molecule has 0 aliphatic heterocycles. The Hall–Kier alpha value is -2.91. The summed E-state index contributed by atoms with van der Waals surface area (Å²) in [6, 6.07) is 21.3. The summed E-state index contributed by atoms with van der Waals surface area (Å²) in [5.74, 6) is -0.338. The standard InChI is InChI=1S/C25H22ClFN2/c1-16-4-8-19(9-5-16)24-18(3)25(20-10-6-17(2)7-11-20)29(28-24)15-21-12-13-22(27)14-23(21)26/h4-14H,15H2,1-3H3. The molecule has 4 rings (SSSR count). The molecule has 0 unspecified atom stereocenters. The van der Waals surface area contributed by atoms with E-state index in [2.05, 4.69) is 69.3 Å². The molecule has 0 spiro atoms. The van der Waals surface area contributed by atoms with Crippen molar-refractivity contribution in [2.75, 3.05) is 0 Å². The summed E-state index contributed by atoms with van der Waals surface area (Å²) in [4.78, 5) is 0. The second-order valence-electron chi connectivity index (χ2n) is 7.45. The fourth-order valence-corrected chi connectivity index (χ4v) is 3.77. The fourth-order valence-electron chi connectivity index (χ4n) is 3.54. The molecule has 4 heteroatoms. The highest BCUT2D eigenvalue weighted by atomic mass is 35.5. The molecule has 3 aromatic carbocycles. The monoisotopic (exact) mass is 404 g/mol. The third-order valence-electron chi connectivity index (χ3n) is 5.17. The van der Waals surface area contributed by atoms with E-state index in [1.165, 1.54) is 23.3 Å². The van der Waals surface area contributed by atoms with Gasteiger partial charge in [0.05, 0.1) is 17.9 Å². The molecule has 0 saturated heterocycles. The number of benzene rings is 3. The summed E-state index contributed by atoms with van der Waals surface area (Å²) in [6.45, 7) is 6.71. The van der Waals surface area contributed by atoms with Crippen molar-refractivity contribution in [2.24, 2.45) is 0 Å². The number of aromatic nitrogens is 2. The molecular weight excluding hydrogens is 383 g/mol. The van der Waals surface area contributed by atoms with E-state index in [9.17, 15) is 4.39 Å². The van der Waals surface area contributed by atoms with E-state index in [4.69, 9.17) is 16.7 Å². The van der Waals surface area contributed by atoms with Gasteiger partial charge in [-0.1, -0.05) is 77.3 Å². The summed E-state index contributed by atoms with van der Waals surface area (Å²) in [6.07, 6.45) is 0. The number of hydrogen-bond acceptors (Lipinski definition) is 1. The van der Waals surface area contributed by atoms with Crippen LogP contribution in [0, 0.1) is 26.6 Å². The molecule has 0 aliphatic carbocycles. The maximum absolute atomic E-state index is 13.5. The minimum Gasteiger partial charge on any atom is -0.259 e. The van der Waals surface area contributed by atoms with Gasteiger partial charge in [0.25, 0.3) is 0 Å². The zero-order chi connectivity index (χ0) is 20.5. The van der Waals surface area contributed by atoms with Crippen molar-refractivity contribution < 1.29 is 4.39 Å². The van der Waals surface area contributed by atoms with Crippen LogP contribution in [0.1, 0.15) is 22.3 Å². The highest BCUT2D eigenvalue weighted by molar-refractivity contribution is 6.31. The van der Waals surface area contributed by atoms with Crippen LogP contribution in [-0.4, -0.2) is 9.78 Å². The lowest BCUT2D eigenvalue weighted by atomic mass is 10.0. The van der Waals surface area contributed by atoms with Crippen LogP contribution in [0.3, 0.4) is 0 Å². The number of aryl methyl sites for hydroxylation is 2. The Morgan fingerprint density at radius 2 is 1.41 bits per heavy atom. The number of nitrogens with zero attached hydrogens (tertiary/aromatic N) is 2. The Morgan fingerprint density at radius 3 is 2.00 bits per heavy atom. The summed E-state index contributed by atoms with van der Waals surface area (Å²) in [5, 5.41) is 5.34. The predicted molar refractivity (Wildman–Crippen MR) is 118 cm³/mol. The molecule has 0 N–H and O–H groups in total. The van der Waals surface area contributed by atoms with Crippen molar-refractivity contribution in [1.29, 1.82) is 0 Å². The Bertz CT molecular complexity index is 1160. The number of rotatable bonds is 4. The largest absolute Gasteiger partial charge is 0.259 e. The molecule has 2 nitrogen and oxygen atoms in total. The third-order valence-corrected chi connectivity index (χ3v) is 5.53. The zero-order valence-electron chi connectivity index (χ0n) is 16.7. The van der Waals surface area contributed by atoms with Gasteiger partial charge in [-0.2, -0.15) is 5.10 Å². The van der Waals surface area contributed by atoms with Gasteiger partial charge < -0.3 is 0 Å². The minimum atomic E-state index is -0.338. The van der Waals surface area contributed by atoms with Crippen LogP contribution in [0.25, 0.3) is 22.5 Å². The molecule has 0 bridgehead atoms. The second kappa shape index (κ2) is 7.84. The van der Waals surface area contributed by atoms with E-state index in [0.29, 0.717) is 11.6 Å². The average molecular weight is 405 g/mol. The normalized spacial score (nSPS) is 11.1. The molecule has 0 radical (unpaired) electrons. The van der Waals surface area contributed by atoms with Gasteiger partial charge in [-0.15, -0.1) is 0 Å². The summed E-state index contributed by atoms with van der Waals surface area (Å²) >= 11 is 6.30. The molecule has 0 saturated carbocycles. The van der Waals surface area contributed by atoms with Gasteiger partial charge >= 0.3 is 0 Å². The first-order chi connectivity index (χ1) is 13.9. The van der Waals surface area contributed by atoms with Crippen LogP contribution in [0.5, 0.6) is 0 Å². The van der Waals surface area contributed by atoms with Gasteiger partial charge in [0, 0.05) is 21.7 Å². The van der Waals surface area contributed by atoms with Gasteiger partial charge in [-0.3, -0.25) is 4.68 Å². The van der Waals surface area contributed by atoms with Crippen LogP contribution in [0.2, 0.25) is 5.02 Å².